The monoisotopic (exact) mass is 359 g/mol. The van der Waals surface area contributed by atoms with E-state index in [4.69, 9.17) is 5.73 Å². The number of carbonyl (C=O) groups excluding carboxylic acids is 2. The van der Waals surface area contributed by atoms with Gasteiger partial charge in [0, 0.05) is 31.1 Å². The molecule has 1 saturated heterocycles. The smallest absolute Gasteiger partial charge is 0.263 e. The van der Waals surface area contributed by atoms with E-state index in [9.17, 15) is 9.59 Å². The minimum Gasteiger partial charge on any atom is -0.355 e. The maximum absolute atomic E-state index is 12.6. The third-order valence-electron chi connectivity index (χ3n) is 4.08. The lowest BCUT2D eigenvalue weighted by Gasteiger charge is -2.31. The van der Waals surface area contributed by atoms with Crippen molar-refractivity contribution in [3.8, 4) is 0 Å². The molecule has 0 aromatic carbocycles. The minimum absolute atomic E-state index is 0. The fourth-order valence-corrected chi connectivity index (χ4v) is 3.93. The van der Waals surface area contributed by atoms with Crippen molar-refractivity contribution in [1.29, 1.82) is 0 Å². The molecule has 5 nitrogen and oxygen atoms in total. The Balaban J connectivity index is 0.00000264. The molecule has 23 heavy (non-hydrogen) atoms. The number of aryl methyl sites for hydroxylation is 2. The lowest BCUT2D eigenvalue weighted by Crippen LogP contribution is -2.46. The van der Waals surface area contributed by atoms with Gasteiger partial charge in [-0.15, -0.1) is 23.7 Å². The van der Waals surface area contributed by atoms with Gasteiger partial charge in [0.1, 0.15) is 0 Å². The van der Waals surface area contributed by atoms with Gasteiger partial charge in [-0.1, -0.05) is 6.92 Å². The summed E-state index contributed by atoms with van der Waals surface area (Å²) in [7, 11) is 0. The van der Waals surface area contributed by atoms with Gasteiger partial charge in [-0.25, -0.2) is 0 Å². The summed E-state index contributed by atoms with van der Waals surface area (Å²) in [6.45, 7) is 6.32. The quantitative estimate of drug-likeness (QED) is 0.843. The Morgan fingerprint density at radius 2 is 2.22 bits per heavy atom. The molecule has 130 valence electrons. The van der Waals surface area contributed by atoms with E-state index in [2.05, 4.69) is 12.2 Å². The second-order valence-corrected chi connectivity index (χ2v) is 6.88. The number of hydrogen-bond donors (Lipinski definition) is 2. The molecule has 2 rings (SSSR count). The minimum atomic E-state index is -0.115. The van der Waals surface area contributed by atoms with Crippen LogP contribution in [0, 0.1) is 12.8 Å². The van der Waals surface area contributed by atoms with Gasteiger partial charge in [-0.05, 0) is 37.8 Å². The molecule has 3 N–H and O–H groups in total. The van der Waals surface area contributed by atoms with Crippen LogP contribution >= 0.6 is 23.7 Å². The molecule has 0 radical (unpaired) electrons. The van der Waals surface area contributed by atoms with E-state index in [1.54, 1.807) is 11.3 Å². The average molecular weight is 360 g/mol. The molecule has 2 amide bonds. The van der Waals surface area contributed by atoms with Crippen molar-refractivity contribution in [3.63, 3.8) is 0 Å². The predicted molar refractivity (Wildman–Crippen MR) is 96.4 cm³/mol. The maximum Gasteiger partial charge on any atom is 0.263 e. The summed E-state index contributed by atoms with van der Waals surface area (Å²) < 4.78 is 0. The summed E-state index contributed by atoms with van der Waals surface area (Å²) in [5.74, 6) is -0.0420. The Morgan fingerprint density at radius 3 is 2.83 bits per heavy atom. The number of carbonyl (C=O) groups is 2. The number of piperidine rings is 1. The van der Waals surface area contributed by atoms with Crippen LogP contribution in [-0.4, -0.2) is 42.9 Å². The highest BCUT2D eigenvalue weighted by molar-refractivity contribution is 7.14. The molecule has 1 fully saturated rings. The van der Waals surface area contributed by atoms with Crippen LogP contribution < -0.4 is 11.1 Å². The molecule has 2 heterocycles. The second kappa shape index (κ2) is 9.25. The standard InChI is InChI=1S/C16H25N3O2S.ClH/c1-3-13-11(2)9-14(22-13)16(21)19-8-4-5-12(10-19)15(20)18-7-6-17;/h9,12H,3-8,10,17H2,1-2H3,(H,18,20);1H. The predicted octanol–water partition coefficient (Wildman–Crippen LogP) is 1.97. The average Bonchev–Trinajstić information content (AvgIpc) is 2.92. The molecule has 0 bridgehead atoms. The summed E-state index contributed by atoms with van der Waals surface area (Å²) >= 11 is 1.58. The van der Waals surface area contributed by atoms with E-state index >= 15 is 0 Å². The lowest BCUT2D eigenvalue weighted by atomic mass is 9.97. The summed E-state index contributed by atoms with van der Waals surface area (Å²) in [4.78, 5) is 28.6. The Labute approximate surface area is 148 Å². The first-order valence-electron chi connectivity index (χ1n) is 7.93. The number of nitrogens with one attached hydrogen (secondary N) is 1. The number of likely N-dealkylation sites (tertiary alicyclic amines) is 1. The van der Waals surface area contributed by atoms with Crippen LogP contribution in [0.4, 0.5) is 0 Å². The molecule has 1 aromatic heterocycles. The van der Waals surface area contributed by atoms with Gasteiger partial charge in [0.25, 0.3) is 5.91 Å². The largest absolute Gasteiger partial charge is 0.355 e. The van der Waals surface area contributed by atoms with Crippen LogP contribution in [0.2, 0.25) is 0 Å². The third kappa shape index (κ3) is 4.93. The summed E-state index contributed by atoms with van der Waals surface area (Å²) in [5.41, 5.74) is 6.59. The van der Waals surface area contributed by atoms with E-state index in [0.717, 1.165) is 30.7 Å². The topological polar surface area (TPSA) is 75.4 Å². The van der Waals surface area contributed by atoms with Gasteiger partial charge in [0.05, 0.1) is 10.8 Å². The third-order valence-corrected chi connectivity index (χ3v) is 5.44. The molecule has 0 aliphatic carbocycles. The lowest BCUT2D eigenvalue weighted by molar-refractivity contribution is -0.126. The van der Waals surface area contributed by atoms with Crippen molar-refractivity contribution in [2.45, 2.75) is 33.1 Å². The van der Waals surface area contributed by atoms with Crippen LogP contribution in [0.3, 0.4) is 0 Å². The highest BCUT2D eigenvalue weighted by Gasteiger charge is 2.29. The summed E-state index contributed by atoms with van der Waals surface area (Å²) in [5, 5.41) is 2.82. The zero-order chi connectivity index (χ0) is 16.1. The Kier molecular flexibility index (Phi) is 8.02. The SMILES string of the molecule is CCc1sc(C(=O)N2CCCC(C(=O)NCCN)C2)cc1C.Cl. The van der Waals surface area contributed by atoms with Crippen molar-refractivity contribution in [2.75, 3.05) is 26.2 Å². The van der Waals surface area contributed by atoms with Gasteiger partial charge in [0.15, 0.2) is 0 Å². The van der Waals surface area contributed by atoms with E-state index in [1.165, 1.54) is 10.4 Å². The number of nitrogens with zero attached hydrogens (tertiary/aromatic N) is 1. The number of thiophene rings is 1. The van der Waals surface area contributed by atoms with Gasteiger partial charge < -0.3 is 16.0 Å². The second-order valence-electron chi connectivity index (χ2n) is 5.74. The van der Waals surface area contributed by atoms with E-state index in [1.807, 2.05) is 17.9 Å². The zero-order valence-corrected chi connectivity index (χ0v) is 15.4. The van der Waals surface area contributed by atoms with E-state index in [-0.39, 0.29) is 30.1 Å². The molecule has 1 aromatic rings. The first-order valence-corrected chi connectivity index (χ1v) is 8.74. The first-order chi connectivity index (χ1) is 10.6. The Hall–Kier alpha value is -1.11. The van der Waals surface area contributed by atoms with Crippen LogP contribution in [-0.2, 0) is 11.2 Å². The van der Waals surface area contributed by atoms with Crippen molar-refractivity contribution in [1.82, 2.24) is 10.2 Å². The van der Waals surface area contributed by atoms with Crippen LogP contribution in [0.15, 0.2) is 6.07 Å². The van der Waals surface area contributed by atoms with Crippen LogP contribution in [0.5, 0.6) is 0 Å². The Morgan fingerprint density at radius 1 is 1.48 bits per heavy atom. The molecule has 1 aliphatic rings. The van der Waals surface area contributed by atoms with Crippen LogP contribution in [0.25, 0.3) is 0 Å². The number of amides is 2. The van der Waals surface area contributed by atoms with Crippen molar-refractivity contribution in [2.24, 2.45) is 11.7 Å². The number of rotatable bonds is 5. The fraction of sp³-hybridized carbons (Fsp3) is 0.625. The zero-order valence-electron chi connectivity index (χ0n) is 13.8. The number of hydrogen-bond acceptors (Lipinski definition) is 4. The van der Waals surface area contributed by atoms with Crippen molar-refractivity contribution < 1.29 is 9.59 Å². The van der Waals surface area contributed by atoms with Crippen molar-refractivity contribution >= 4 is 35.6 Å². The van der Waals surface area contributed by atoms with E-state index in [0.29, 0.717) is 19.6 Å². The summed E-state index contributed by atoms with van der Waals surface area (Å²) in [6.07, 6.45) is 2.66. The van der Waals surface area contributed by atoms with Gasteiger partial charge >= 0.3 is 0 Å². The van der Waals surface area contributed by atoms with E-state index < -0.39 is 0 Å². The van der Waals surface area contributed by atoms with Gasteiger partial charge in [0.2, 0.25) is 5.91 Å². The molecule has 1 atom stereocenters. The normalized spacial score (nSPS) is 17.5. The highest BCUT2D eigenvalue weighted by Crippen LogP contribution is 2.26. The van der Waals surface area contributed by atoms with Gasteiger partial charge in [-0.2, -0.15) is 0 Å². The molecular weight excluding hydrogens is 334 g/mol. The molecule has 1 aliphatic heterocycles. The number of halogens is 1. The maximum atomic E-state index is 12.6. The Bertz CT molecular complexity index is 547. The molecule has 0 saturated carbocycles. The molecule has 1 unspecified atom stereocenters. The first kappa shape index (κ1) is 19.9. The highest BCUT2D eigenvalue weighted by atomic mass is 35.5. The molecule has 0 spiro atoms. The van der Waals surface area contributed by atoms with Crippen LogP contribution in [0.1, 0.15) is 39.9 Å². The van der Waals surface area contributed by atoms with Gasteiger partial charge in [-0.3, -0.25) is 9.59 Å². The van der Waals surface area contributed by atoms with Crippen molar-refractivity contribution in [3.05, 3.63) is 21.4 Å². The fourth-order valence-electron chi connectivity index (χ4n) is 2.85. The summed E-state index contributed by atoms with van der Waals surface area (Å²) in [6, 6.07) is 1.98. The molecule has 7 heteroatoms. The number of nitrogens with two attached hydrogens (primary N) is 1. The molecular formula is C16H26ClN3O2S.